The van der Waals surface area contributed by atoms with Crippen LogP contribution in [0.4, 0.5) is 0 Å². The molecular weight excluding hydrogens is 262 g/mol. The van der Waals surface area contributed by atoms with Crippen molar-refractivity contribution in [2.75, 3.05) is 7.11 Å². The van der Waals surface area contributed by atoms with Gasteiger partial charge in [-0.05, 0) is 48.9 Å². The van der Waals surface area contributed by atoms with E-state index < -0.39 is 10.0 Å². The summed E-state index contributed by atoms with van der Waals surface area (Å²) in [5.41, 5.74) is 0. The minimum Gasteiger partial charge on any atom is -0.497 e. The van der Waals surface area contributed by atoms with Crippen LogP contribution < -0.4 is 9.46 Å². The summed E-state index contributed by atoms with van der Waals surface area (Å²) < 4.78 is 31.9. The first-order valence-electron chi connectivity index (χ1n) is 6.02. The van der Waals surface area contributed by atoms with Crippen molar-refractivity contribution >= 4 is 20.8 Å². The number of nitrogens with one attached hydrogen (secondary N) is 1. The van der Waals surface area contributed by atoms with Gasteiger partial charge in [-0.15, -0.1) is 0 Å². The van der Waals surface area contributed by atoms with E-state index in [-0.39, 0.29) is 10.9 Å². The number of rotatable bonds is 4. The fourth-order valence-electron chi connectivity index (χ4n) is 1.87. The molecule has 0 unspecified atom stereocenters. The molecule has 102 valence electrons. The molecular formula is C14H17NO3S. The predicted molar refractivity (Wildman–Crippen MR) is 76.0 cm³/mol. The normalized spacial score (nSPS) is 12.0. The van der Waals surface area contributed by atoms with E-state index >= 15 is 0 Å². The third kappa shape index (κ3) is 3.05. The second-order valence-electron chi connectivity index (χ2n) is 4.65. The van der Waals surface area contributed by atoms with Gasteiger partial charge in [0.2, 0.25) is 10.0 Å². The van der Waals surface area contributed by atoms with Gasteiger partial charge in [0.1, 0.15) is 5.75 Å². The molecule has 1 N–H and O–H groups in total. The van der Waals surface area contributed by atoms with Crippen LogP contribution in [0.3, 0.4) is 0 Å². The van der Waals surface area contributed by atoms with Crippen LogP contribution in [0.25, 0.3) is 10.8 Å². The molecule has 0 saturated carbocycles. The summed E-state index contributed by atoms with van der Waals surface area (Å²) in [5.74, 6) is 0.753. The quantitative estimate of drug-likeness (QED) is 0.935. The van der Waals surface area contributed by atoms with Crippen LogP contribution in [-0.4, -0.2) is 21.6 Å². The molecule has 19 heavy (non-hydrogen) atoms. The maximum atomic E-state index is 12.1. The fourth-order valence-corrected chi connectivity index (χ4v) is 3.16. The van der Waals surface area contributed by atoms with Gasteiger partial charge < -0.3 is 4.74 Å². The molecule has 5 heteroatoms. The number of sulfonamides is 1. The number of hydrogen-bond acceptors (Lipinski definition) is 3. The Hall–Kier alpha value is -1.59. The van der Waals surface area contributed by atoms with Crippen LogP contribution in [0.5, 0.6) is 5.75 Å². The van der Waals surface area contributed by atoms with Crippen molar-refractivity contribution in [3.8, 4) is 5.75 Å². The molecule has 0 fully saturated rings. The number of benzene rings is 2. The van der Waals surface area contributed by atoms with Gasteiger partial charge in [-0.2, -0.15) is 0 Å². The average Bonchev–Trinajstić information content (AvgIpc) is 2.36. The van der Waals surface area contributed by atoms with Crippen LogP contribution in [0.1, 0.15) is 13.8 Å². The molecule has 0 amide bonds. The maximum Gasteiger partial charge on any atom is 0.240 e. The summed E-state index contributed by atoms with van der Waals surface area (Å²) >= 11 is 0. The Morgan fingerprint density at radius 1 is 1.05 bits per heavy atom. The zero-order chi connectivity index (χ0) is 14.0. The van der Waals surface area contributed by atoms with Crippen molar-refractivity contribution in [1.29, 1.82) is 0 Å². The molecule has 2 aromatic rings. The molecule has 0 spiro atoms. The van der Waals surface area contributed by atoms with Crippen LogP contribution in [0.2, 0.25) is 0 Å². The van der Waals surface area contributed by atoms with Crippen molar-refractivity contribution in [2.45, 2.75) is 24.8 Å². The van der Waals surface area contributed by atoms with Crippen molar-refractivity contribution in [3.63, 3.8) is 0 Å². The van der Waals surface area contributed by atoms with Gasteiger partial charge in [0, 0.05) is 6.04 Å². The number of ether oxygens (including phenoxy) is 1. The Kier molecular flexibility index (Phi) is 3.78. The van der Waals surface area contributed by atoms with E-state index in [0.29, 0.717) is 0 Å². The number of hydrogen-bond donors (Lipinski definition) is 1. The Morgan fingerprint density at radius 2 is 1.68 bits per heavy atom. The molecule has 0 aromatic heterocycles. The van der Waals surface area contributed by atoms with Gasteiger partial charge in [-0.1, -0.05) is 12.1 Å². The van der Waals surface area contributed by atoms with Crippen molar-refractivity contribution in [1.82, 2.24) is 4.72 Å². The van der Waals surface area contributed by atoms with Crippen LogP contribution in [0.15, 0.2) is 41.3 Å². The minimum absolute atomic E-state index is 0.128. The molecule has 0 radical (unpaired) electrons. The molecule has 4 nitrogen and oxygen atoms in total. The van der Waals surface area contributed by atoms with Gasteiger partial charge in [0.05, 0.1) is 12.0 Å². The predicted octanol–water partition coefficient (Wildman–Crippen LogP) is 2.54. The molecule has 0 bridgehead atoms. The van der Waals surface area contributed by atoms with Crippen molar-refractivity contribution < 1.29 is 13.2 Å². The summed E-state index contributed by atoms with van der Waals surface area (Å²) in [4.78, 5) is 0.277. The molecule has 0 heterocycles. The lowest BCUT2D eigenvalue weighted by atomic mass is 10.1. The minimum atomic E-state index is -3.45. The molecule has 0 saturated heterocycles. The van der Waals surface area contributed by atoms with Gasteiger partial charge in [-0.3, -0.25) is 0 Å². The lowest BCUT2D eigenvalue weighted by Gasteiger charge is -2.10. The van der Waals surface area contributed by atoms with Gasteiger partial charge in [-0.25, -0.2) is 13.1 Å². The average molecular weight is 279 g/mol. The smallest absolute Gasteiger partial charge is 0.240 e. The first-order valence-corrected chi connectivity index (χ1v) is 7.51. The topological polar surface area (TPSA) is 55.4 Å². The second-order valence-corrected chi connectivity index (χ2v) is 6.36. The summed E-state index contributed by atoms with van der Waals surface area (Å²) in [6.07, 6.45) is 0. The highest BCUT2D eigenvalue weighted by molar-refractivity contribution is 7.89. The van der Waals surface area contributed by atoms with Gasteiger partial charge in [0.25, 0.3) is 0 Å². The fraction of sp³-hybridized carbons (Fsp3) is 0.286. The highest BCUT2D eigenvalue weighted by atomic mass is 32.2. The van der Waals surface area contributed by atoms with Crippen LogP contribution >= 0.6 is 0 Å². The van der Waals surface area contributed by atoms with E-state index in [1.165, 1.54) is 0 Å². The Labute approximate surface area is 113 Å². The Bertz CT molecular complexity index is 693. The molecule has 2 aromatic carbocycles. The summed E-state index contributed by atoms with van der Waals surface area (Å²) in [7, 11) is -1.84. The first-order chi connectivity index (χ1) is 8.92. The summed E-state index contributed by atoms with van der Waals surface area (Å²) in [6.45, 7) is 3.59. The molecule has 2 rings (SSSR count). The lowest BCUT2D eigenvalue weighted by Crippen LogP contribution is -2.30. The van der Waals surface area contributed by atoms with E-state index in [1.54, 1.807) is 39.2 Å². The maximum absolute atomic E-state index is 12.1. The molecule has 0 aliphatic heterocycles. The first kappa shape index (κ1) is 13.8. The monoisotopic (exact) mass is 279 g/mol. The zero-order valence-corrected chi connectivity index (χ0v) is 12.0. The van der Waals surface area contributed by atoms with E-state index in [1.807, 2.05) is 18.2 Å². The Morgan fingerprint density at radius 3 is 2.32 bits per heavy atom. The lowest BCUT2D eigenvalue weighted by molar-refractivity contribution is 0.415. The van der Waals surface area contributed by atoms with Gasteiger partial charge in [0.15, 0.2) is 0 Å². The van der Waals surface area contributed by atoms with E-state index in [0.717, 1.165) is 16.5 Å². The van der Waals surface area contributed by atoms with E-state index in [9.17, 15) is 8.42 Å². The number of methoxy groups -OCH3 is 1. The third-order valence-electron chi connectivity index (χ3n) is 2.72. The largest absolute Gasteiger partial charge is 0.497 e. The SMILES string of the molecule is COc1ccc2cc(S(=O)(=O)NC(C)C)ccc2c1. The highest BCUT2D eigenvalue weighted by Gasteiger charge is 2.15. The highest BCUT2D eigenvalue weighted by Crippen LogP contribution is 2.23. The van der Waals surface area contributed by atoms with Crippen molar-refractivity contribution in [2.24, 2.45) is 0 Å². The van der Waals surface area contributed by atoms with Crippen LogP contribution in [-0.2, 0) is 10.0 Å². The standard InChI is InChI=1S/C14H17NO3S/c1-10(2)15-19(16,17)14-7-5-11-8-13(18-3)6-4-12(11)9-14/h4-10,15H,1-3H3. The second kappa shape index (κ2) is 5.19. The third-order valence-corrected chi connectivity index (χ3v) is 4.38. The number of fused-ring (bicyclic) bond motifs is 1. The molecule has 0 atom stereocenters. The summed E-state index contributed by atoms with van der Waals surface area (Å²) in [5, 5.41) is 1.82. The molecule has 0 aliphatic carbocycles. The zero-order valence-electron chi connectivity index (χ0n) is 11.2. The van der Waals surface area contributed by atoms with Crippen molar-refractivity contribution in [3.05, 3.63) is 36.4 Å². The Balaban J connectivity index is 2.48. The van der Waals surface area contributed by atoms with E-state index in [4.69, 9.17) is 4.74 Å². The summed E-state index contributed by atoms with van der Waals surface area (Å²) in [6, 6.07) is 10.5. The van der Waals surface area contributed by atoms with Gasteiger partial charge >= 0.3 is 0 Å². The van der Waals surface area contributed by atoms with Crippen LogP contribution in [0, 0.1) is 0 Å². The van der Waals surface area contributed by atoms with E-state index in [2.05, 4.69) is 4.72 Å². The molecule has 0 aliphatic rings.